The number of nitrogens with zero attached hydrogens (tertiary/aromatic N) is 5. The van der Waals surface area contributed by atoms with E-state index in [-0.39, 0.29) is 0 Å². The molecule has 0 bridgehead atoms. The summed E-state index contributed by atoms with van der Waals surface area (Å²) in [4.78, 5) is 1.70. The van der Waals surface area contributed by atoms with Gasteiger partial charge in [-0.3, -0.25) is 0 Å². The Labute approximate surface area is 188 Å². The fourth-order valence-corrected chi connectivity index (χ4v) is 4.40. The first-order valence-corrected chi connectivity index (χ1v) is 11.1. The molecule has 0 atom stereocenters. The minimum absolute atomic E-state index is 0.875. The molecule has 5 nitrogen and oxygen atoms in total. The van der Waals surface area contributed by atoms with Crippen LogP contribution < -0.4 is 0 Å². The van der Waals surface area contributed by atoms with E-state index < -0.39 is 0 Å². The van der Waals surface area contributed by atoms with Crippen LogP contribution in [0.15, 0.2) is 91.0 Å². The lowest BCUT2D eigenvalue weighted by molar-refractivity contribution is 0.766. The number of benzene rings is 4. The molecule has 0 spiro atoms. The first-order valence-electron chi connectivity index (χ1n) is 10.3. The van der Waals surface area contributed by atoms with E-state index in [0.717, 1.165) is 43.2 Å². The van der Waals surface area contributed by atoms with E-state index in [0.29, 0.717) is 0 Å². The summed E-state index contributed by atoms with van der Waals surface area (Å²) in [6, 6.07) is 30.6. The lowest BCUT2D eigenvalue weighted by Gasteiger charge is -1.99. The Morgan fingerprint density at radius 2 is 1.50 bits per heavy atom. The number of hydrogen-bond donors (Lipinski definition) is 0. The third-order valence-corrected chi connectivity index (χ3v) is 6.22. The van der Waals surface area contributed by atoms with Gasteiger partial charge in [0.25, 0.3) is 0 Å². The molecular formula is C26H17N5S. The molecule has 0 fully saturated rings. The molecule has 2 heterocycles. The van der Waals surface area contributed by atoms with Crippen LogP contribution in [0.3, 0.4) is 0 Å². The normalized spacial score (nSPS) is 11.6. The van der Waals surface area contributed by atoms with Gasteiger partial charge in [0.05, 0.1) is 5.69 Å². The van der Waals surface area contributed by atoms with E-state index in [1.807, 2.05) is 72.8 Å². The van der Waals surface area contributed by atoms with Gasteiger partial charge in [0.15, 0.2) is 0 Å². The summed E-state index contributed by atoms with van der Waals surface area (Å²) in [7, 11) is 0. The Balaban J connectivity index is 1.25. The Morgan fingerprint density at radius 3 is 2.38 bits per heavy atom. The van der Waals surface area contributed by atoms with Gasteiger partial charge in [0.2, 0.25) is 0 Å². The predicted molar refractivity (Wildman–Crippen MR) is 131 cm³/mol. The first-order chi connectivity index (χ1) is 15.8. The second-order valence-electron chi connectivity index (χ2n) is 7.38. The summed E-state index contributed by atoms with van der Waals surface area (Å²) in [5.41, 5.74) is 4.88. The minimum atomic E-state index is 0.875. The third-order valence-electron chi connectivity index (χ3n) is 5.28. The van der Waals surface area contributed by atoms with Gasteiger partial charge >= 0.3 is 0 Å². The van der Waals surface area contributed by atoms with Crippen LogP contribution in [0.2, 0.25) is 0 Å². The average Bonchev–Trinajstić information content (AvgIpc) is 3.51. The molecule has 0 radical (unpaired) electrons. The van der Waals surface area contributed by atoms with Crippen LogP contribution in [0.4, 0.5) is 0 Å². The summed E-state index contributed by atoms with van der Waals surface area (Å²) in [6.45, 7) is 0. The van der Waals surface area contributed by atoms with Gasteiger partial charge in [-0.2, -0.15) is 4.80 Å². The predicted octanol–water partition coefficient (Wildman–Crippen LogP) is 6.26. The van der Waals surface area contributed by atoms with Gasteiger partial charge in [-0.25, -0.2) is 0 Å². The summed E-state index contributed by atoms with van der Waals surface area (Å²) >= 11 is 1.58. The summed E-state index contributed by atoms with van der Waals surface area (Å²) in [5, 5.41) is 22.0. The van der Waals surface area contributed by atoms with Crippen molar-refractivity contribution in [3.63, 3.8) is 0 Å². The Hall–Kier alpha value is -4.16. The Morgan fingerprint density at radius 1 is 0.688 bits per heavy atom. The van der Waals surface area contributed by atoms with E-state index in [1.54, 1.807) is 16.1 Å². The van der Waals surface area contributed by atoms with Crippen molar-refractivity contribution in [2.24, 2.45) is 0 Å². The molecule has 0 saturated heterocycles. The SMILES string of the molecule is C(=C\c1nnc(-c2ccccc2)s1)/c1ccc(-n2nc3ccc4ccccc4c3n2)cc1. The minimum Gasteiger partial charge on any atom is -0.150 e. The second-order valence-corrected chi connectivity index (χ2v) is 8.39. The van der Waals surface area contributed by atoms with Crippen molar-refractivity contribution in [3.8, 4) is 16.3 Å². The molecule has 152 valence electrons. The molecule has 4 aromatic carbocycles. The quantitative estimate of drug-likeness (QED) is 0.330. The number of hydrogen-bond acceptors (Lipinski definition) is 5. The van der Waals surface area contributed by atoms with Gasteiger partial charge in [-0.1, -0.05) is 90.2 Å². The van der Waals surface area contributed by atoms with Crippen molar-refractivity contribution in [2.75, 3.05) is 0 Å². The second kappa shape index (κ2) is 7.83. The lowest BCUT2D eigenvalue weighted by Crippen LogP contribution is -1.97. The highest BCUT2D eigenvalue weighted by atomic mass is 32.1. The van der Waals surface area contributed by atoms with Crippen molar-refractivity contribution < 1.29 is 0 Å². The standard InChI is InChI=1S/C26H17N5S/c1-2-7-20(8-3-1)26-28-27-24(32-26)17-12-18-10-14-21(15-11-18)31-29-23-16-13-19-6-4-5-9-22(19)25(23)30-31/h1-17H/b17-12+. The van der Waals surface area contributed by atoms with Crippen molar-refractivity contribution in [2.45, 2.75) is 0 Å². The zero-order chi connectivity index (χ0) is 21.3. The van der Waals surface area contributed by atoms with Crippen molar-refractivity contribution >= 4 is 45.3 Å². The zero-order valence-electron chi connectivity index (χ0n) is 17.0. The molecule has 2 aromatic heterocycles. The van der Waals surface area contributed by atoms with Crippen molar-refractivity contribution in [1.82, 2.24) is 25.2 Å². The molecule has 6 rings (SSSR count). The van der Waals surface area contributed by atoms with Crippen LogP contribution in [-0.4, -0.2) is 25.2 Å². The lowest BCUT2D eigenvalue weighted by atomic mass is 10.1. The molecule has 0 aliphatic rings. The first kappa shape index (κ1) is 18.6. The Bertz CT molecular complexity index is 1560. The molecule has 0 aliphatic carbocycles. The van der Waals surface area contributed by atoms with Gasteiger partial charge in [0, 0.05) is 10.9 Å². The molecule has 0 aliphatic heterocycles. The van der Waals surface area contributed by atoms with Gasteiger partial charge < -0.3 is 0 Å². The van der Waals surface area contributed by atoms with Gasteiger partial charge in [-0.05, 0) is 35.2 Å². The summed E-state index contributed by atoms with van der Waals surface area (Å²) in [5.74, 6) is 0. The molecule has 0 unspecified atom stereocenters. The molecule has 6 heteroatoms. The maximum absolute atomic E-state index is 4.74. The molecule has 6 aromatic rings. The maximum Gasteiger partial charge on any atom is 0.148 e. The highest BCUT2D eigenvalue weighted by molar-refractivity contribution is 7.15. The van der Waals surface area contributed by atoms with Gasteiger partial charge in [-0.15, -0.1) is 20.4 Å². The van der Waals surface area contributed by atoms with E-state index in [2.05, 4.69) is 45.6 Å². The fraction of sp³-hybridized carbons (Fsp3) is 0. The molecule has 0 saturated carbocycles. The number of aromatic nitrogens is 5. The largest absolute Gasteiger partial charge is 0.150 e. The smallest absolute Gasteiger partial charge is 0.148 e. The van der Waals surface area contributed by atoms with Crippen LogP contribution in [0.1, 0.15) is 10.6 Å². The highest BCUT2D eigenvalue weighted by Crippen LogP contribution is 2.25. The number of rotatable bonds is 4. The van der Waals surface area contributed by atoms with E-state index in [4.69, 9.17) is 5.10 Å². The Kier molecular flexibility index (Phi) is 4.55. The van der Waals surface area contributed by atoms with Crippen LogP contribution in [0.5, 0.6) is 0 Å². The monoisotopic (exact) mass is 431 g/mol. The maximum atomic E-state index is 4.74. The van der Waals surface area contributed by atoms with Crippen LogP contribution in [0.25, 0.3) is 50.2 Å². The summed E-state index contributed by atoms with van der Waals surface area (Å²) < 4.78 is 0. The summed E-state index contributed by atoms with van der Waals surface area (Å²) in [6.07, 6.45) is 4.03. The van der Waals surface area contributed by atoms with E-state index in [9.17, 15) is 0 Å². The zero-order valence-corrected chi connectivity index (χ0v) is 17.8. The van der Waals surface area contributed by atoms with Crippen molar-refractivity contribution in [3.05, 3.63) is 102 Å². The molecule has 0 amide bonds. The highest BCUT2D eigenvalue weighted by Gasteiger charge is 2.08. The van der Waals surface area contributed by atoms with Crippen LogP contribution >= 0.6 is 11.3 Å². The van der Waals surface area contributed by atoms with E-state index in [1.165, 1.54) is 5.39 Å². The van der Waals surface area contributed by atoms with Gasteiger partial charge in [0.1, 0.15) is 21.0 Å². The van der Waals surface area contributed by atoms with Crippen LogP contribution in [-0.2, 0) is 0 Å². The average molecular weight is 432 g/mol. The van der Waals surface area contributed by atoms with E-state index >= 15 is 0 Å². The van der Waals surface area contributed by atoms with Crippen molar-refractivity contribution in [1.29, 1.82) is 0 Å². The molecule has 32 heavy (non-hydrogen) atoms. The topological polar surface area (TPSA) is 56.5 Å². The number of fused-ring (bicyclic) bond motifs is 3. The fourth-order valence-electron chi connectivity index (χ4n) is 3.65. The third kappa shape index (κ3) is 3.46. The molecular weight excluding hydrogens is 414 g/mol. The molecule has 0 N–H and O–H groups in total. The van der Waals surface area contributed by atoms with Crippen LogP contribution in [0, 0.1) is 0 Å².